The van der Waals surface area contributed by atoms with Crippen LogP contribution in [0.1, 0.15) is 136 Å². The summed E-state index contributed by atoms with van der Waals surface area (Å²) in [5, 5.41) is 2.37. The first kappa shape index (κ1) is 48.0. The third-order valence-electron chi connectivity index (χ3n) is 6.46. The minimum Gasteiger partial charge on any atom is -0.0988 e. The molecule has 45 heavy (non-hydrogen) atoms. The Morgan fingerprint density at radius 2 is 1.02 bits per heavy atom. The normalized spacial score (nSPS) is 10.1. The van der Waals surface area contributed by atoms with Gasteiger partial charge in [-0.3, -0.25) is 0 Å². The molecule has 0 saturated heterocycles. The van der Waals surface area contributed by atoms with E-state index in [1.165, 1.54) is 33.0 Å². The van der Waals surface area contributed by atoms with Gasteiger partial charge < -0.3 is 0 Å². The Labute approximate surface area is 281 Å². The minimum absolute atomic E-state index is 0. The zero-order valence-corrected chi connectivity index (χ0v) is 30.9. The smallest absolute Gasteiger partial charge is 0.00964 e. The van der Waals surface area contributed by atoms with E-state index in [-0.39, 0.29) is 7.43 Å². The fraction of sp³-hybridized carbons (Fsp3) is 0.333. The molecule has 3 aromatic rings. The molecule has 0 N–H and O–H groups in total. The molecule has 0 aliphatic rings. The van der Waals surface area contributed by atoms with Crippen LogP contribution in [0, 0.1) is 6.92 Å². The summed E-state index contributed by atoms with van der Waals surface area (Å²) in [4.78, 5) is 0. The summed E-state index contributed by atoms with van der Waals surface area (Å²) in [6.45, 7) is 44.8. The lowest BCUT2D eigenvalue weighted by atomic mass is 9.86. The van der Waals surface area contributed by atoms with Crippen LogP contribution < -0.4 is 0 Å². The summed E-state index contributed by atoms with van der Waals surface area (Å²) >= 11 is 0. The second-order valence-electron chi connectivity index (χ2n) is 8.42. The molecule has 3 rings (SSSR count). The Hall–Kier alpha value is -3.90. The van der Waals surface area contributed by atoms with E-state index in [9.17, 15) is 0 Å². The maximum atomic E-state index is 4.17. The Morgan fingerprint density at radius 1 is 0.578 bits per heavy atom. The van der Waals surface area contributed by atoms with Crippen LogP contribution in [0.25, 0.3) is 46.2 Å². The molecule has 0 aliphatic carbocycles. The van der Waals surface area contributed by atoms with Gasteiger partial charge in [-0.2, -0.15) is 0 Å². The molecule has 0 saturated carbocycles. The molecule has 0 nitrogen and oxygen atoms in total. The predicted molar refractivity (Wildman–Crippen MR) is 220 cm³/mol. The number of hydrogen-bond acceptors (Lipinski definition) is 0. The number of hydrogen-bond donors (Lipinski definition) is 0. The van der Waals surface area contributed by atoms with Gasteiger partial charge >= 0.3 is 0 Å². The van der Waals surface area contributed by atoms with Gasteiger partial charge in [-0.15, -0.1) is 0 Å². The average molecular weight is 609 g/mol. The molecule has 0 unspecified atom stereocenters. The summed E-state index contributed by atoms with van der Waals surface area (Å²) < 4.78 is 0. The van der Waals surface area contributed by atoms with Gasteiger partial charge in [-0.05, 0) is 94.1 Å². The van der Waals surface area contributed by atoms with Crippen molar-refractivity contribution in [3.63, 3.8) is 0 Å². The van der Waals surface area contributed by atoms with Crippen molar-refractivity contribution in [2.75, 3.05) is 0 Å². The van der Waals surface area contributed by atoms with Gasteiger partial charge in [0.15, 0.2) is 0 Å². The van der Waals surface area contributed by atoms with Crippen LogP contribution >= 0.6 is 0 Å². The first-order chi connectivity index (χ1) is 21.4. The van der Waals surface area contributed by atoms with Crippen molar-refractivity contribution >= 4 is 46.2 Å². The van der Waals surface area contributed by atoms with Gasteiger partial charge in [-0.25, -0.2) is 0 Å². The lowest BCUT2D eigenvalue weighted by molar-refractivity contribution is 1.36. The summed E-state index contributed by atoms with van der Waals surface area (Å²) in [7, 11) is 0. The third-order valence-corrected chi connectivity index (χ3v) is 6.46. The first-order valence-electron chi connectivity index (χ1n) is 16.6. The number of rotatable bonds is 8. The van der Waals surface area contributed by atoms with Crippen molar-refractivity contribution in [3.8, 4) is 0 Å². The molecule has 0 amide bonds. The highest BCUT2D eigenvalue weighted by Crippen LogP contribution is 2.37. The quantitative estimate of drug-likeness (QED) is 0.176. The first-order valence-corrected chi connectivity index (χ1v) is 16.6. The van der Waals surface area contributed by atoms with Crippen LogP contribution in [0.4, 0.5) is 0 Å². The van der Waals surface area contributed by atoms with Gasteiger partial charge in [0.1, 0.15) is 0 Å². The molecule has 0 radical (unpaired) electrons. The minimum atomic E-state index is 0. The van der Waals surface area contributed by atoms with Gasteiger partial charge in [-0.1, -0.05) is 188 Å². The maximum absolute atomic E-state index is 4.17. The van der Waals surface area contributed by atoms with E-state index in [1.54, 1.807) is 0 Å². The summed E-state index contributed by atoms with van der Waals surface area (Å²) in [6, 6.07) is 14.9. The van der Waals surface area contributed by atoms with Gasteiger partial charge in [0, 0.05) is 0 Å². The highest BCUT2D eigenvalue weighted by Gasteiger charge is 2.15. The molecule has 0 heterocycles. The molecule has 0 aliphatic heterocycles. The summed E-state index contributed by atoms with van der Waals surface area (Å²) in [6.07, 6.45) is 14.3. The number of fused-ring (bicyclic) bond motifs is 1. The van der Waals surface area contributed by atoms with Crippen molar-refractivity contribution in [2.45, 2.75) is 104 Å². The fourth-order valence-corrected chi connectivity index (χ4v) is 4.72. The number of allylic oxidation sites excluding steroid dienone is 6. The van der Waals surface area contributed by atoms with Crippen LogP contribution in [-0.2, 0) is 0 Å². The van der Waals surface area contributed by atoms with E-state index in [0.29, 0.717) is 0 Å². The van der Waals surface area contributed by atoms with Crippen molar-refractivity contribution < 1.29 is 0 Å². The third kappa shape index (κ3) is 12.6. The lowest BCUT2D eigenvalue weighted by Crippen LogP contribution is -1.97. The van der Waals surface area contributed by atoms with E-state index in [0.717, 1.165) is 33.4 Å². The molecule has 0 atom stereocenters. The van der Waals surface area contributed by atoms with Gasteiger partial charge in [0.05, 0.1) is 0 Å². The molecule has 0 aromatic heterocycles. The molecule has 248 valence electrons. The van der Waals surface area contributed by atoms with Crippen molar-refractivity contribution in [2.24, 2.45) is 0 Å². The van der Waals surface area contributed by atoms with Crippen molar-refractivity contribution in [1.29, 1.82) is 0 Å². The lowest BCUT2D eigenvalue weighted by Gasteiger charge is -2.18. The molecule has 0 heteroatoms. The van der Waals surface area contributed by atoms with E-state index in [4.69, 9.17) is 0 Å². The van der Waals surface area contributed by atoms with E-state index >= 15 is 0 Å². The summed E-state index contributed by atoms with van der Waals surface area (Å²) in [5.74, 6) is 0. The van der Waals surface area contributed by atoms with Crippen LogP contribution in [0.5, 0.6) is 0 Å². The Balaban J connectivity index is -0.000000695. The SMILES string of the molecule is C.C=C/C(C)=C(\C=C)c1cccc(/C(C)=C/c2c(/C=C\C)c(C=C)c3ccccc3c2C=C)c1C.CC.CC.CC.CC.CC. The molecule has 0 fully saturated rings. The maximum Gasteiger partial charge on any atom is -0.00964 e. The van der Waals surface area contributed by atoms with Crippen molar-refractivity contribution in [3.05, 3.63) is 132 Å². The monoisotopic (exact) mass is 609 g/mol. The Kier molecular flexibility index (Phi) is 30.8. The molecular formula is C45H68. The highest BCUT2D eigenvalue weighted by molar-refractivity contribution is 6.04. The average Bonchev–Trinajstić information content (AvgIpc) is 3.10. The zero-order chi connectivity index (χ0) is 34.8. The molecular weight excluding hydrogens is 540 g/mol. The second kappa shape index (κ2) is 28.8. The van der Waals surface area contributed by atoms with E-state index < -0.39 is 0 Å². The van der Waals surface area contributed by atoms with E-state index in [1.807, 2.05) is 93.5 Å². The predicted octanol–water partition coefficient (Wildman–Crippen LogP) is 15.9. The number of benzene rings is 3. The van der Waals surface area contributed by atoms with Crippen LogP contribution in [0.2, 0.25) is 0 Å². The fourth-order valence-electron chi connectivity index (χ4n) is 4.72. The zero-order valence-electron chi connectivity index (χ0n) is 30.9. The van der Waals surface area contributed by atoms with Crippen LogP contribution in [0.15, 0.2) is 92.6 Å². The Morgan fingerprint density at radius 3 is 1.42 bits per heavy atom. The van der Waals surface area contributed by atoms with Gasteiger partial charge in [0.25, 0.3) is 0 Å². The van der Waals surface area contributed by atoms with Crippen LogP contribution in [-0.4, -0.2) is 0 Å². The second-order valence-corrected chi connectivity index (χ2v) is 8.42. The van der Waals surface area contributed by atoms with Crippen LogP contribution in [0.3, 0.4) is 0 Å². The molecule has 0 spiro atoms. The topological polar surface area (TPSA) is 0 Å². The van der Waals surface area contributed by atoms with Gasteiger partial charge in [0.2, 0.25) is 0 Å². The van der Waals surface area contributed by atoms with Crippen molar-refractivity contribution in [1.82, 2.24) is 0 Å². The standard InChI is InChI=1S/C34H34.5C2H6.CH4/c1-9-17-31-27(12-4)32-18-14-15-19-33(32)28(13-5)34(31)22-24(7)29-20-16-21-30(25(29)8)26(11-3)23(6)10-2;5*1-2;/h9-22H,2-5H2,1,6-8H3;5*1-2H3;1H4/b17-9-,24-22+,26-23+;;;;;;. The molecule has 3 aromatic carbocycles. The summed E-state index contributed by atoms with van der Waals surface area (Å²) in [5.41, 5.74) is 11.6. The largest absolute Gasteiger partial charge is 0.0988 e. The molecule has 0 bridgehead atoms. The Bertz CT molecular complexity index is 1380. The highest BCUT2D eigenvalue weighted by atomic mass is 14.2. The van der Waals surface area contributed by atoms with E-state index in [2.05, 4.69) is 115 Å².